The van der Waals surface area contributed by atoms with E-state index in [9.17, 15) is 4.79 Å². The highest BCUT2D eigenvalue weighted by molar-refractivity contribution is 7.80. The van der Waals surface area contributed by atoms with Crippen molar-refractivity contribution in [3.8, 4) is 0 Å². The average Bonchev–Trinajstić information content (AvgIpc) is 3.03. The minimum atomic E-state index is -0.0172. The summed E-state index contributed by atoms with van der Waals surface area (Å²) >= 11 is 13.3. The van der Waals surface area contributed by atoms with Crippen molar-refractivity contribution in [2.24, 2.45) is 0 Å². The van der Waals surface area contributed by atoms with Crippen LogP contribution in [0.5, 0.6) is 0 Å². The molecule has 108 valence electrons. The van der Waals surface area contributed by atoms with Crippen molar-refractivity contribution < 1.29 is 4.79 Å². The van der Waals surface area contributed by atoms with Gasteiger partial charge in [0, 0.05) is 9.90 Å². The fourth-order valence-electron chi connectivity index (χ4n) is 2.24. The Kier molecular flexibility index (Phi) is 3.97. The molecule has 0 bridgehead atoms. The first-order valence-electron chi connectivity index (χ1n) is 6.46. The highest BCUT2D eigenvalue weighted by atomic mass is 35.5. The lowest BCUT2D eigenvalue weighted by Gasteiger charge is -2.20. The summed E-state index contributed by atoms with van der Waals surface area (Å²) < 4.78 is 0. The van der Waals surface area contributed by atoms with Crippen molar-refractivity contribution >= 4 is 51.9 Å². The molecule has 3 rings (SSSR count). The third kappa shape index (κ3) is 2.81. The van der Waals surface area contributed by atoms with Crippen LogP contribution in [0.3, 0.4) is 0 Å². The second-order valence-corrected chi connectivity index (χ2v) is 6.69. The molecule has 6 heteroatoms. The summed E-state index contributed by atoms with van der Waals surface area (Å²) in [7, 11) is 0. The Morgan fingerprint density at radius 1 is 1.38 bits per heavy atom. The van der Waals surface area contributed by atoms with Crippen molar-refractivity contribution in [1.82, 2.24) is 4.90 Å². The van der Waals surface area contributed by atoms with Crippen LogP contribution in [0.4, 0.5) is 5.69 Å². The zero-order valence-corrected chi connectivity index (χ0v) is 13.8. The van der Waals surface area contributed by atoms with Crippen molar-refractivity contribution in [1.29, 1.82) is 0 Å². The molecular formula is C15H13ClN2OS2. The monoisotopic (exact) mass is 336 g/mol. The number of nitrogens with zero attached hydrogens (tertiary/aromatic N) is 2. The summed E-state index contributed by atoms with van der Waals surface area (Å²) in [6.07, 6.45) is 0. The number of carbonyl (C=O) groups excluding carboxylic acids is 1. The smallest absolute Gasteiger partial charge is 0.252 e. The number of anilines is 1. The number of aryl methyl sites for hydroxylation is 1. The van der Waals surface area contributed by atoms with Crippen LogP contribution in [0.1, 0.15) is 10.4 Å². The van der Waals surface area contributed by atoms with Gasteiger partial charge < -0.3 is 4.90 Å². The Balaban J connectivity index is 1.84. The Morgan fingerprint density at radius 3 is 2.86 bits per heavy atom. The molecule has 3 nitrogen and oxygen atoms in total. The van der Waals surface area contributed by atoms with Crippen molar-refractivity contribution in [3.63, 3.8) is 0 Å². The van der Waals surface area contributed by atoms with Crippen LogP contribution < -0.4 is 4.90 Å². The Morgan fingerprint density at radius 2 is 2.19 bits per heavy atom. The van der Waals surface area contributed by atoms with Gasteiger partial charge in [0.2, 0.25) is 0 Å². The summed E-state index contributed by atoms with van der Waals surface area (Å²) in [4.78, 5) is 16.9. The molecule has 0 spiro atoms. The molecule has 2 aromatic rings. The van der Waals surface area contributed by atoms with Crippen LogP contribution in [0, 0.1) is 6.92 Å². The van der Waals surface area contributed by atoms with E-state index in [0.29, 0.717) is 23.2 Å². The van der Waals surface area contributed by atoms with Crippen molar-refractivity contribution in [3.05, 3.63) is 51.2 Å². The van der Waals surface area contributed by atoms with Gasteiger partial charge in [0.1, 0.15) is 6.54 Å². The molecule has 0 atom stereocenters. The molecule has 0 unspecified atom stereocenters. The molecule has 1 saturated heterocycles. The van der Waals surface area contributed by atoms with Crippen molar-refractivity contribution in [2.45, 2.75) is 13.5 Å². The van der Waals surface area contributed by atoms with Gasteiger partial charge in [-0.05, 0) is 48.3 Å². The van der Waals surface area contributed by atoms with E-state index in [0.717, 1.165) is 11.3 Å². The number of thiophene rings is 1. The maximum Gasteiger partial charge on any atom is 0.252 e. The zero-order valence-electron chi connectivity index (χ0n) is 11.4. The number of rotatable bonds is 3. The molecule has 21 heavy (non-hydrogen) atoms. The van der Waals surface area contributed by atoms with Crippen LogP contribution in [-0.2, 0) is 11.3 Å². The van der Waals surface area contributed by atoms with Crippen LogP contribution in [0.2, 0.25) is 5.02 Å². The standard InChI is InChI=1S/C15H13ClN2OS2/c1-10-4-5-11(7-13(10)16)18-14(19)9-17(15(18)20)8-12-3-2-6-21-12/h2-7H,8-9H2,1H3. The molecule has 0 saturated carbocycles. The predicted octanol–water partition coefficient (Wildman–Crippen LogP) is 3.84. The summed E-state index contributed by atoms with van der Waals surface area (Å²) in [5.74, 6) is -0.0172. The maximum absolute atomic E-state index is 12.3. The molecule has 2 heterocycles. The lowest BCUT2D eigenvalue weighted by atomic mass is 10.2. The highest BCUT2D eigenvalue weighted by Gasteiger charge is 2.34. The molecule has 0 radical (unpaired) electrons. The van der Waals surface area contributed by atoms with Crippen LogP contribution >= 0.6 is 35.2 Å². The van der Waals surface area contributed by atoms with Gasteiger partial charge in [0.25, 0.3) is 5.91 Å². The van der Waals surface area contributed by atoms with E-state index >= 15 is 0 Å². The van der Waals surface area contributed by atoms with E-state index in [2.05, 4.69) is 0 Å². The lowest BCUT2D eigenvalue weighted by Crippen LogP contribution is -2.32. The molecular weight excluding hydrogens is 324 g/mol. The van der Waals surface area contributed by atoms with Crippen LogP contribution in [0.25, 0.3) is 0 Å². The molecule has 1 aliphatic rings. The fourth-order valence-corrected chi connectivity index (χ4v) is 3.47. The number of carbonyl (C=O) groups is 1. The Hall–Kier alpha value is -1.43. The van der Waals surface area contributed by atoms with E-state index in [-0.39, 0.29) is 5.91 Å². The highest BCUT2D eigenvalue weighted by Crippen LogP contribution is 2.27. The summed E-state index contributed by atoms with van der Waals surface area (Å²) in [5, 5.41) is 3.20. The number of hydrogen-bond donors (Lipinski definition) is 0. The van der Waals surface area contributed by atoms with Gasteiger partial charge in [-0.15, -0.1) is 11.3 Å². The summed E-state index contributed by atoms with van der Waals surface area (Å²) in [6, 6.07) is 9.60. The summed E-state index contributed by atoms with van der Waals surface area (Å²) in [6.45, 7) is 2.90. The minimum Gasteiger partial charge on any atom is -0.334 e. The molecule has 0 N–H and O–H groups in total. The number of amides is 1. The first kappa shape index (κ1) is 14.5. The largest absolute Gasteiger partial charge is 0.334 e. The minimum absolute atomic E-state index is 0.0172. The number of thiocarbonyl (C=S) groups is 1. The molecule has 0 aliphatic carbocycles. The molecule has 1 aromatic heterocycles. The van der Waals surface area contributed by atoms with Gasteiger partial charge in [0.05, 0.1) is 12.2 Å². The first-order valence-corrected chi connectivity index (χ1v) is 8.13. The van der Waals surface area contributed by atoms with E-state index in [1.54, 1.807) is 22.3 Å². The maximum atomic E-state index is 12.3. The van der Waals surface area contributed by atoms with Gasteiger partial charge in [-0.2, -0.15) is 0 Å². The zero-order chi connectivity index (χ0) is 15.0. The van der Waals surface area contributed by atoms with E-state index < -0.39 is 0 Å². The van der Waals surface area contributed by atoms with Gasteiger partial charge in [-0.25, -0.2) is 0 Å². The summed E-state index contributed by atoms with van der Waals surface area (Å²) in [5.41, 5.74) is 1.71. The lowest BCUT2D eigenvalue weighted by molar-refractivity contribution is -0.116. The van der Waals surface area contributed by atoms with Crippen molar-refractivity contribution in [2.75, 3.05) is 11.4 Å². The SMILES string of the molecule is Cc1ccc(N2C(=O)CN(Cc3cccs3)C2=S)cc1Cl. The fraction of sp³-hybridized carbons (Fsp3) is 0.200. The van der Waals surface area contributed by atoms with E-state index in [4.69, 9.17) is 23.8 Å². The van der Waals surface area contributed by atoms with Gasteiger partial charge in [0.15, 0.2) is 5.11 Å². The number of benzene rings is 1. The van der Waals surface area contributed by atoms with Gasteiger partial charge >= 0.3 is 0 Å². The Bertz CT molecular complexity index is 700. The number of hydrogen-bond acceptors (Lipinski definition) is 3. The Labute approximate surface area is 137 Å². The molecule has 1 amide bonds. The normalized spacial score (nSPS) is 15.1. The topological polar surface area (TPSA) is 23.6 Å². The predicted molar refractivity (Wildman–Crippen MR) is 91.0 cm³/mol. The third-order valence-corrected chi connectivity index (χ3v) is 5.09. The average molecular weight is 337 g/mol. The molecule has 1 aromatic carbocycles. The van der Waals surface area contributed by atoms with Crippen LogP contribution in [0.15, 0.2) is 35.7 Å². The second-order valence-electron chi connectivity index (χ2n) is 4.88. The van der Waals surface area contributed by atoms with Gasteiger partial charge in [-0.1, -0.05) is 23.7 Å². The molecule has 1 aliphatic heterocycles. The quantitative estimate of drug-likeness (QED) is 0.795. The van der Waals surface area contributed by atoms with Gasteiger partial charge in [-0.3, -0.25) is 9.69 Å². The third-order valence-electron chi connectivity index (χ3n) is 3.38. The number of halogens is 1. The van der Waals surface area contributed by atoms with Crippen LogP contribution in [-0.4, -0.2) is 22.5 Å². The second kappa shape index (κ2) is 5.75. The molecule has 1 fully saturated rings. The van der Waals surface area contributed by atoms with E-state index in [1.807, 2.05) is 41.5 Å². The first-order chi connectivity index (χ1) is 10.1. The van der Waals surface area contributed by atoms with E-state index in [1.165, 1.54) is 4.88 Å².